The van der Waals surface area contributed by atoms with Crippen LogP contribution in [0.5, 0.6) is 0 Å². The highest BCUT2D eigenvalue weighted by Gasteiger charge is 2.34. The molecule has 1 N–H and O–H groups in total. The van der Waals surface area contributed by atoms with E-state index in [9.17, 15) is 14.0 Å². The predicted molar refractivity (Wildman–Crippen MR) is 114 cm³/mol. The highest BCUT2D eigenvalue weighted by molar-refractivity contribution is 6.38. The Morgan fingerprint density at radius 1 is 1.13 bits per heavy atom. The van der Waals surface area contributed by atoms with Gasteiger partial charge < -0.3 is 19.9 Å². The first-order valence-corrected chi connectivity index (χ1v) is 10.1. The third-order valence-corrected chi connectivity index (χ3v) is 5.55. The van der Waals surface area contributed by atoms with Crippen LogP contribution in [0.1, 0.15) is 6.42 Å². The van der Waals surface area contributed by atoms with Crippen molar-refractivity contribution in [3.8, 4) is 0 Å². The van der Waals surface area contributed by atoms with Crippen LogP contribution < -0.4 is 10.2 Å². The number of rotatable bonds is 3. The molecule has 0 saturated carbocycles. The predicted octanol–water partition coefficient (Wildman–Crippen LogP) is 4.47. The molecule has 3 rings (SSSR count). The van der Waals surface area contributed by atoms with Crippen LogP contribution in [0.2, 0.25) is 15.1 Å². The molecule has 2 amide bonds. The maximum atomic E-state index is 13.4. The molecule has 0 radical (unpaired) electrons. The molecule has 1 atom stereocenters. The molecule has 1 aliphatic heterocycles. The zero-order valence-electron chi connectivity index (χ0n) is 15.9. The van der Waals surface area contributed by atoms with Gasteiger partial charge >= 0.3 is 12.0 Å². The van der Waals surface area contributed by atoms with E-state index in [2.05, 4.69) is 10.3 Å². The molecule has 0 aliphatic carbocycles. The van der Waals surface area contributed by atoms with Gasteiger partial charge in [0, 0.05) is 37.7 Å². The Morgan fingerprint density at radius 3 is 2.47 bits per heavy atom. The van der Waals surface area contributed by atoms with Crippen LogP contribution in [0.4, 0.5) is 20.6 Å². The van der Waals surface area contributed by atoms with Crippen molar-refractivity contribution in [3.63, 3.8) is 0 Å². The SMILES string of the molecule is COC(=O)C1CCN(c2c(Cl)cncc2Cl)CCN1C(=O)Nc1ccc(F)c(Cl)c1. The number of urea groups is 1. The summed E-state index contributed by atoms with van der Waals surface area (Å²) in [5.41, 5.74) is 0.890. The van der Waals surface area contributed by atoms with Crippen molar-refractivity contribution >= 4 is 58.2 Å². The van der Waals surface area contributed by atoms with Gasteiger partial charge in [0.15, 0.2) is 0 Å². The molecule has 30 heavy (non-hydrogen) atoms. The van der Waals surface area contributed by atoms with Crippen molar-refractivity contribution in [2.45, 2.75) is 12.5 Å². The van der Waals surface area contributed by atoms with Crippen LogP contribution in [0.3, 0.4) is 0 Å². The van der Waals surface area contributed by atoms with Crippen molar-refractivity contribution < 1.29 is 18.7 Å². The lowest BCUT2D eigenvalue weighted by Gasteiger charge is -2.28. The number of carbonyl (C=O) groups excluding carboxylic acids is 2. The van der Waals surface area contributed by atoms with E-state index in [0.29, 0.717) is 40.9 Å². The number of esters is 1. The number of anilines is 2. The highest BCUT2D eigenvalue weighted by atomic mass is 35.5. The first-order chi connectivity index (χ1) is 14.3. The number of halogens is 4. The summed E-state index contributed by atoms with van der Waals surface area (Å²) in [6, 6.07) is 2.46. The largest absolute Gasteiger partial charge is 0.467 e. The van der Waals surface area contributed by atoms with Crippen LogP contribution in [0.15, 0.2) is 30.6 Å². The van der Waals surface area contributed by atoms with Gasteiger partial charge in [-0.2, -0.15) is 0 Å². The quantitative estimate of drug-likeness (QED) is 0.663. The first-order valence-electron chi connectivity index (χ1n) is 8.96. The van der Waals surface area contributed by atoms with Gasteiger partial charge in [-0.05, 0) is 24.6 Å². The summed E-state index contributed by atoms with van der Waals surface area (Å²) in [7, 11) is 1.26. The highest BCUT2D eigenvalue weighted by Crippen LogP contribution is 2.33. The molecule has 0 spiro atoms. The Balaban J connectivity index is 1.83. The van der Waals surface area contributed by atoms with Gasteiger partial charge in [-0.1, -0.05) is 34.8 Å². The van der Waals surface area contributed by atoms with Crippen LogP contribution in [0, 0.1) is 5.82 Å². The molecule has 2 heterocycles. The maximum absolute atomic E-state index is 13.4. The van der Waals surface area contributed by atoms with Crippen molar-refractivity contribution in [2.24, 2.45) is 0 Å². The molecule has 1 aromatic heterocycles. The number of methoxy groups -OCH3 is 1. The lowest BCUT2D eigenvalue weighted by Crippen LogP contribution is -2.48. The van der Waals surface area contributed by atoms with Gasteiger partial charge in [0.05, 0.1) is 27.9 Å². The smallest absolute Gasteiger partial charge is 0.328 e. The molecule has 1 aliphatic rings. The normalized spacial score (nSPS) is 16.8. The Bertz CT molecular complexity index is 942. The summed E-state index contributed by atoms with van der Waals surface area (Å²) < 4.78 is 18.3. The van der Waals surface area contributed by atoms with Gasteiger partial charge in [0.2, 0.25) is 0 Å². The van der Waals surface area contributed by atoms with Gasteiger partial charge in [0.25, 0.3) is 0 Å². The van der Waals surface area contributed by atoms with Crippen LogP contribution in [-0.4, -0.2) is 54.7 Å². The summed E-state index contributed by atoms with van der Waals surface area (Å²) in [5.74, 6) is -1.14. The number of benzene rings is 1. The van der Waals surface area contributed by atoms with Gasteiger partial charge in [-0.15, -0.1) is 0 Å². The lowest BCUT2D eigenvalue weighted by molar-refractivity contribution is -0.145. The zero-order chi connectivity index (χ0) is 21.8. The number of aromatic nitrogens is 1. The second kappa shape index (κ2) is 9.68. The Kier molecular flexibility index (Phi) is 7.23. The lowest BCUT2D eigenvalue weighted by atomic mass is 10.2. The van der Waals surface area contributed by atoms with Gasteiger partial charge in [-0.3, -0.25) is 4.98 Å². The van der Waals surface area contributed by atoms with E-state index in [1.54, 1.807) is 0 Å². The number of hydrogen-bond acceptors (Lipinski definition) is 5. The minimum absolute atomic E-state index is 0.124. The Labute approximate surface area is 187 Å². The first kappa shape index (κ1) is 22.4. The number of hydrogen-bond donors (Lipinski definition) is 1. The van der Waals surface area contributed by atoms with E-state index in [1.807, 2.05) is 4.90 Å². The molecule has 160 valence electrons. The summed E-state index contributed by atoms with van der Waals surface area (Å²) in [6.45, 7) is 0.972. The minimum Gasteiger partial charge on any atom is -0.467 e. The van der Waals surface area contributed by atoms with Gasteiger partial charge in [0.1, 0.15) is 11.9 Å². The summed E-state index contributed by atoms with van der Waals surface area (Å²) in [6.07, 6.45) is 3.25. The van der Waals surface area contributed by atoms with Crippen LogP contribution in [-0.2, 0) is 9.53 Å². The topological polar surface area (TPSA) is 74.8 Å². The number of amides is 2. The Morgan fingerprint density at radius 2 is 1.83 bits per heavy atom. The average Bonchev–Trinajstić information content (AvgIpc) is 2.93. The molecule has 1 fully saturated rings. The average molecular weight is 476 g/mol. The van der Waals surface area contributed by atoms with Crippen molar-refractivity contribution in [2.75, 3.05) is 37.0 Å². The fraction of sp³-hybridized carbons (Fsp3) is 0.316. The number of pyridine rings is 1. The van der Waals surface area contributed by atoms with Crippen molar-refractivity contribution in [3.05, 3.63) is 51.5 Å². The fourth-order valence-electron chi connectivity index (χ4n) is 3.25. The Hall–Kier alpha value is -2.29. The molecule has 1 aromatic carbocycles. The number of carbonyl (C=O) groups is 2. The minimum atomic E-state index is -0.824. The van der Waals surface area contributed by atoms with Crippen LogP contribution in [0.25, 0.3) is 0 Å². The van der Waals surface area contributed by atoms with Gasteiger partial charge in [-0.25, -0.2) is 14.0 Å². The van der Waals surface area contributed by atoms with E-state index in [1.165, 1.54) is 36.5 Å². The van der Waals surface area contributed by atoms with E-state index >= 15 is 0 Å². The fourth-order valence-corrected chi connectivity index (χ4v) is 4.04. The third-order valence-electron chi connectivity index (χ3n) is 4.71. The number of ether oxygens (including phenoxy) is 1. The van der Waals surface area contributed by atoms with E-state index in [4.69, 9.17) is 39.5 Å². The van der Waals surface area contributed by atoms with Crippen LogP contribution >= 0.6 is 34.8 Å². The summed E-state index contributed by atoms with van der Waals surface area (Å²) in [5, 5.41) is 3.26. The summed E-state index contributed by atoms with van der Waals surface area (Å²) in [4.78, 5) is 32.5. The second-order valence-electron chi connectivity index (χ2n) is 6.52. The standard InChI is InChI=1S/C19H18Cl3FN4O3/c1-30-18(28)16-4-5-26(17-13(21)9-24-10-14(17)22)6-7-27(16)19(29)25-11-2-3-15(23)12(20)8-11/h2-3,8-10,16H,4-7H2,1H3,(H,25,29). The third kappa shape index (κ3) is 4.88. The summed E-state index contributed by atoms with van der Waals surface area (Å²) >= 11 is 18.3. The van der Waals surface area contributed by atoms with E-state index in [-0.39, 0.29) is 11.6 Å². The molecular weight excluding hydrogens is 458 g/mol. The molecular formula is C19H18Cl3FN4O3. The second-order valence-corrected chi connectivity index (χ2v) is 7.74. The molecule has 1 unspecified atom stereocenters. The van der Waals surface area contributed by atoms with E-state index < -0.39 is 23.9 Å². The molecule has 7 nitrogen and oxygen atoms in total. The molecule has 2 aromatic rings. The monoisotopic (exact) mass is 474 g/mol. The molecule has 11 heteroatoms. The number of nitrogens with one attached hydrogen (secondary N) is 1. The van der Waals surface area contributed by atoms with Crippen molar-refractivity contribution in [1.29, 1.82) is 0 Å². The van der Waals surface area contributed by atoms with E-state index in [0.717, 1.165) is 6.07 Å². The van der Waals surface area contributed by atoms with Crippen molar-refractivity contribution in [1.82, 2.24) is 9.88 Å². The molecule has 0 bridgehead atoms. The zero-order valence-corrected chi connectivity index (χ0v) is 18.1. The maximum Gasteiger partial charge on any atom is 0.328 e. The molecule has 1 saturated heterocycles. The number of nitrogens with zero attached hydrogens (tertiary/aromatic N) is 3.